The molecule has 0 N–H and O–H groups in total. The largest absolute Gasteiger partial charge is 0.360 e. The van der Waals surface area contributed by atoms with E-state index in [9.17, 15) is 4.79 Å². The van der Waals surface area contributed by atoms with Crippen LogP contribution in [0.25, 0.3) is 11.0 Å². The number of ether oxygens (including phenoxy) is 1. The highest BCUT2D eigenvalue weighted by atomic mass is 16.5. The van der Waals surface area contributed by atoms with Gasteiger partial charge in [0.15, 0.2) is 6.10 Å². The maximum atomic E-state index is 12.4. The number of amides is 1. The van der Waals surface area contributed by atoms with Crippen LogP contribution in [-0.4, -0.2) is 46.6 Å². The first kappa shape index (κ1) is 12.5. The first-order valence-corrected chi connectivity index (χ1v) is 6.29. The minimum absolute atomic E-state index is 0.110. The lowest BCUT2D eigenvalue weighted by Gasteiger charge is -2.29. The minimum atomic E-state index is -0.548. The third-order valence-electron chi connectivity index (χ3n) is 3.21. The van der Waals surface area contributed by atoms with Gasteiger partial charge in [0.1, 0.15) is 0 Å². The Morgan fingerprint density at radius 3 is 2.95 bits per heavy atom. The molecule has 1 aromatic heterocycles. The molecule has 0 bridgehead atoms. The average Bonchev–Trinajstić information content (AvgIpc) is 2.53. The molecule has 1 aliphatic heterocycles. The molecule has 3 rings (SSSR count). The minimum Gasteiger partial charge on any atom is -0.360 e. The number of hydrogen-bond donors (Lipinski definition) is 0. The number of fused-ring (bicyclic) bond motifs is 1. The van der Waals surface area contributed by atoms with Crippen molar-refractivity contribution >= 4 is 16.9 Å². The van der Waals surface area contributed by atoms with Crippen LogP contribution in [-0.2, 0) is 4.74 Å². The van der Waals surface area contributed by atoms with Gasteiger partial charge in [-0.15, -0.1) is 0 Å². The Bertz CT molecular complexity index is 695. The summed E-state index contributed by atoms with van der Waals surface area (Å²) in [6, 6.07) is 7.26. The van der Waals surface area contributed by atoms with E-state index in [-0.39, 0.29) is 5.91 Å². The molecule has 1 fully saturated rings. The summed E-state index contributed by atoms with van der Waals surface area (Å²) in [5.41, 5.74) is 1.99. The van der Waals surface area contributed by atoms with Crippen LogP contribution in [0.1, 0.15) is 10.4 Å². The van der Waals surface area contributed by atoms with Gasteiger partial charge in [0.05, 0.1) is 30.3 Å². The second kappa shape index (κ2) is 5.23. The second-order valence-electron chi connectivity index (χ2n) is 4.50. The monoisotopic (exact) mass is 268 g/mol. The van der Waals surface area contributed by atoms with Crippen LogP contribution in [0.3, 0.4) is 0 Å². The Labute approximate surface area is 115 Å². The van der Waals surface area contributed by atoms with Crippen molar-refractivity contribution in [2.75, 3.05) is 19.7 Å². The van der Waals surface area contributed by atoms with Crippen molar-refractivity contribution in [3.05, 3.63) is 36.2 Å². The summed E-state index contributed by atoms with van der Waals surface area (Å²) in [6.45, 7) is 1.18. The smallest absolute Gasteiger partial charge is 0.254 e. The van der Waals surface area contributed by atoms with Gasteiger partial charge in [-0.1, -0.05) is 0 Å². The third-order valence-corrected chi connectivity index (χ3v) is 3.21. The molecule has 1 amide bonds. The van der Waals surface area contributed by atoms with Crippen molar-refractivity contribution in [2.24, 2.45) is 0 Å². The predicted molar refractivity (Wildman–Crippen MR) is 70.8 cm³/mol. The Hall–Kier alpha value is -2.52. The summed E-state index contributed by atoms with van der Waals surface area (Å²) < 4.78 is 5.24. The van der Waals surface area contributed by atoms with E-state index < -0.39 is 6.10 Å². The second-order valence-corrected chi connectivity index (χ2v) is 4.50. The van der Waals surface area contributed by atoms with Gasteiger partial charge >= 0.3 is 0 Å². The number of aromatic nitrogens is 2. The molecule has 1 saturated heterocycles. The van der Waals surface area contributed by atoms with Crippen LogP contribution in [0.15, 0.2) is 30.6 Å². The average molecular weight is 268 g/mol. The molecule has 0 saturated carbocycles. The highest BCUT2D eigenvalue weighted by Gasteiger charge is 2.24. The van der Waals surface area contributed by atoms with Crippen molar-refractivity contribution in [1.82, 2.24) is 14.9 Å². The lowest BCUT2D eigenvalue weighted by atomic mass is 10.1. The van der Waals surface area contributed by atoms with E-state index in [1.807, 2.05) is 6.07 Å². The molecule has 0 aliphatic carbocycles. The van der Waals surface area contributed by atoms with E-state index >= 15 is 0 Å². The van der Waals surface area contributed by atoms with Gasteiger partial charge in [0.25, 0.3) is 5.91 Å². The third kappa shape index (κ3) is 2.31. The van der Waals surface area contributed by atoms with Crippen molar-refractivity contribution in [2.45, 2.75) is 6.10 Å². The van der Waals surface area contributed by atoms with Crippen LogP contribution in [0, 0.1) is 11.3 Å². The molecule has 1 atom stereocenters. The SMILES string of the molecule is N#CC1CN(C(=O)c2ccc3nccnc3c2)CCO1. The standard InChI is InChI=1S/C14H12N4O2/c15-8-11-9-18(5-6-20-11)14(19)10-1-2-12-13(7-10)17-4-3-16-12/h1-4,7,11H,5-6,9H2. The molecule has 6 nitrogen and oxygen atoms in total. The molecular formula is C14H12N4O2. The number of morpholine rings is 1. The molecule has 20 heavy (non-hydrogen) atoms. The van der Waals surface area contributed by atoms with Gasteiger partial charge in [-0.2, -0.15) is 5.26 Å². The Balaban J connectivity index is 1.86. The van der Waals surface area contributed by atoms with Gasteiger partial charge in [-0.3, -0.25) is 14.8 Å². The Morgan fingerprint density at radius 1 is 1.35 bits per heavy atom. The van der Waals surface area contributed by atoms with E-state index in [1.54, 1.807) is 35.5 Å². The Morgan fingerprint density at radius 2 is 2.15 bits per heavy atom. The molecule has 0 radical (unpaired) electrons. The number of benzene rings is 1. The van der Waals surface area contributed by atoms with E-state index in [0.29, 0.717) is 30.8 Å². The van der Waals surface area contributed by atoms with Crippen molar-refractivity contribution < 1.29 is 9.53 Å². The molecule has 6 heteroatoms. The number of carbonyl (C=O) groups is 1. The van der Waals surface area contributed by atoms with E-state index in [1.165, 1.54) is 0 Å². The van der Waals surface area contributed by atoms with E-state index in [0.717, 1.165) is 5.52 Å². The van der Waals surface area contributed by atoms with Crippen LogP contribution < -0.4 is 0 Å². The summed E-state index contributed by atoms with van der Waals surface area (Å²) in [5.74, 6) is -0.110. The molecule has 2 heterocycles. The topological polar surface area (TPSA) is 79.1 Å². The molecule has 2 aromatic rings. The summed E-state index contributed by atoms with van der Waals surface area (Å²) in [6.07, 6.45) is 2.66. The van der Waals surface area contributed by atoms with Gasteiger partial charge < -0.3 is 9.64 Å². The summed E-state index contributed by atoms with van der Waals surface area (Å²) in [7, 11) is 0. The first-order valence-electron chi connectivity index (χ1n) is 6.29. The zero-order chi connectivity index (χ0) is 13.9. The number of carbonyl (C=O) groups excluding carboxylic acids is 1. The first-order chi connectivity index (χ1) is 9.78. The van der Waals surface area contributed by atoms with Gasteiger partial charge in [0, 0.05) is 24.5 Å². The molecule has 1 aromatic carbocycles. The van der Waals surface area contributed by atoms with Gasteiger partial charge in [-0.25, -0.2) is 0 Å². The molecule has 1 aliphatic rings. The number of rotatable bonds is 1. The normalized spacial score (nSPS) is 18.8. The van der Waals surface area contributed by atoms with Crippen molar-refractivity contribution in [3.63, 3.8) is 0 Å². The van der Waals surface area contributed by atoms with Gasteiger partial charge in [0.2, 0.25) is 0 Å². The maximum Gasteiger partial charge on any atom is 0.254 e. The van der Waals surface area contributed by atoms with Crippen LogP contribution in [0.5, 0.6) is 0 Å². The van der Waals surface area contributed by atoms with Crippen molar-refractivity contribution in [3.8, 4) is 6.07 Å². The lowest BCUT2D eigenvalue weighted by molar-refractivity contribution is 0.00347. The number of hydrogen-bond acceptors (Lipinski definition) is 5. The molecule has 1 unspecified atom stereocenters. The summed E-state index contributed by atoms with van der Waals surface area (Å²) in [5, 5.41) is 8.87. The number of nitrogens with zero attached hydrogens (tertiary/aromatic N) is 4. The fourth-order valence-corrected chi connectivity index (χ4v) is 2.19. The van der Waals surface area contributed by atoms with Crippen molar-refractivity contribution in [1.29, 1.82) is 5.26 Å². The van der Waals surface area contributed by atoms with E-state index in [4.69, 9.17) is 10.00 Å². The van der Waals surface area contributed by atoms with Crippen LogP contribution in [0.2, 0.25) is 0 Å². The Kier molecular flexibility index (Phi) is 3.27. The zero-order valence-corrected chi connectivity index (χ0v) is 10.7. The zero-order valence-electron chi connectivity index (χ0n) is 10.7. The molecule has 0 spiro atoms. The highest BCUT2D eigenvalue weighted by molar-refractivity contribution is 5.97. The fraction of sp³-hybridized carbons (Fsp3) is 0.286. The predicted octanol–water partition coefficient (Wildman–Crippen LogP) is 0.994. The molecule has 100 valence electrons. The summed E-state index contributed by atoms with van der Waals surface area (Å²) in [4.78, 5) is 22.4. The van der Waals surface area contributed by atoms with Gasteiger partial charge in [-0.05, 0) is 18.2 Å². The van der Waals surface area contributed by atoms with Crippen LogP contribution in [0.4, 0.5) is 0 Å². The lowest BCUT2D eigenvalue weighted by Crippen LogP contribution is -2.45. The quantitative estimate of drug-likeness (QED) is 0.770. The highest BCUT2D eigenvalue weighted by Crippen LogP contribution is 2.15. The van der Waals surface area contributed by atoms with Crippen LogP contribution >= 0.6 is 0 Å². The summed E-state index contributed by atoms with van der Waals surface area (Å²) >= 11 is 0. The van der Waals surface area contributed by atoms with E-state index in [2.05, 4.69) is 9.97 Å². The fourth-order valence-electron chi connectivity index (χ4n) is 2.19. The maximum absolute atomic E-state index is 12.4. The molecular weight excluding hydrogens is 256 g/mol. The number of nitriles is 1.